The number of benzene rings is 1. The van der Waals surface area contributed by atoms with Crippen molar-refractivity contribution in [3.05, 3.63) is 34.9 Å². The van der Waals surface area contributed by atoms with Gasteiger partial charge in [-0.2, -0.15) is 0 Å². The summed E-state index contributed by atoms with van der Waals surface area (Å²) in [5.74, 6) is 0.231. The Kier molecular flexibility index (Phi) is 4.29. The molecule has 3 heteroatoms. The van der Waals surface area contributed by atoms with Crippen LogP contribution in [0.15, 0.2) is 18.2 Å². The highest BCUT2D eigenvalue weighted by atomic mass is 16.2. The Bertz CT molecular complexity index is 520. The van der Waals surface area contributed by atoms with Gasteiger partial charge in [0, 0.05) is 24.2 Å². The SMILES string of the molecule is Cc1cccc(C(=O)N2CCCCC2C2CCCN2)c1C. The number of likely N-dealkylation sites (tertiary alicyclic amines) is 1. The van der Waals surface area contributed by atoms with Crippen LogP contribution in [-0.4, -0.2) is 36.0 Å². The van der Waals surface area contributed by atoms with E-state index in [0.29, 0.717) is 12.1 Å². The summed E-state index contributed by atoms with van der Waals surface area (Å²) in [6.45, 7) is 6.16. The average Bonchev–Trinajstić information content (AvgIpc) is 3.03. The molecule has 0 saturated carbocycles. The molecule has 3 rings (SSSR count). The van der Waals surface area contributed by atoms with Gasteiger partial charge in [0.1, 0.15) is 0 Å². The first-order chi connectivity index (χ1) is 10.2. The number of aryl methyl sites for hydroxylation is 1. The molecule has 114 valence electrons. The number of hydrogen-bond donors (Lipinski definition) is 1. The van der Waals surface area contributed by atoms with Crippen molar-refractivity contribution in [1.82, 2.24) is 10.2 Å². The van der Waals surface area contributed by atoms with E-state index in [4.69, 9.17) is 0 Å². The lowest BCUT2D eigenvalue weighted by Gasteiger charge is -2.39. The fourth-order valence-corrected chi connectivity index (χ4v) is 3.81. The third kappa shape index (κ3) is 2.84. The van der Waals surface area contributed by atoms with Gasteiger partial charge in [0.15, 0.2) is 0 Å². The molecule has 2 saturated heterocycles. The third-order valence-corrected chi connectivity index (χ3v) is 5.21. The topological polar surface area (TPSA) is 32.3 Å². The van der Waals surface area contributed by atoms with E-state index >= 15 is 0 Å². The largest absolute Gasteiger partial charge is 0.334 e. The highest BCUT2D eigenvalue weighted by Crippen LogP contribution is 2.27. The molecular formula is C18H26N2O. The van der Waals surface area contributed by atoms with Crippen LogP contribution in [0.2, 0.25) is 0 Å². The van der Waals surface area contributed by atoms with E-state index in [9.17, 15) is 4.79 Å². The third-order valence-electron chi connectivity index (χ3n) is 5.21. The number of carbonyl (C=O) groups excluding carboxylic acids is 1. The van der Waals surface area contributed by atoms with E-state index < -0.39 is 0 Å². The van der Waals surface area contributed by atoms with E-state index in [0.717, 1.165) is 37.1 Å². The van der Waals surface area contributed by atoms with Crippen molar-refractivity contribution < 1.29 is 4.79 Å². The van der Waals surface area contributed by atoms with E-state index in [1.807, 2.05) is 12.1 Å². The average molecular weight is 286 g/mol. The molecule has 1 aromatic rings. The van der Waals surface area contributed by atoms with Crippen LogP contribution in [0.4, 0.5) is 0 Å². The van der Waals surface area contributed by atoms with Crippen LogP contribution >= 0.6 is 0 Å². The number of nitrogens with one attached hydrogen (secondary N) is 1. The van der Waals surface area contributed by atoms with Crippen molar-refractivity contribution in [2.45, 2.75) is 58.0 Å². The summed E-state index contributed by atoms with van der Waals surface area (Å²) >= 11 is 0. The molecule has 0 bridgehead atoms. The first kappa shape index (κ1) is 14.6. The van der Waals surface area contributed by atoms with E-state index in [1.54, 1.807) is 0 Å². The van der Waals surface area contributed by atoms with Gasteiger partial charge in [-0.3, -0.25) is 4.79 Å². The van der Waals surface area contributed by atoms with Gasteiger partial charge < -0.3 is 10.2 Å². The summed E-state index contributed by atoms with van der Waals surface area (Å²) in [6, 6.07) is 6.95. The lowest BCUT2D eigenvalue weighted by Crippen LogP contribution is -2.52. The van der Waals surface area contributed by atoms with Crippen molar-refractivity contribution in [3.63, 3.8) is 0 Å². The predicted molar refractivity (Wildman–Crippen MR) is 85.6 cm³/mol. The maximum Gasteiger partial charge on any atom is 0.254 e. The molecule has 0 aliphatic carbocycles. The van der Waals surface area contributed by atoms with E-state index in [-0.39, 0.29) is 5.91 Å². The van der Waals surface area contributed by atoms with Crippen LogP contribution < -0.4 is 5.32 Å². The van der Waals surface area contributed by atoms with Gasteiger partial charge in [-0.1, -0.05) is 12.1 Å². The first-order valence-corrected chi connectivity index (χ1v) is 8.29. The van der Waals surface area contributed by atoms with Crippen molar-refractivity contribution >= 4 is 5.91 Å². The van der Waals surface area contributed by atoms with E-state index in [2.05, 4.69) is 30.1 Å². The van der Waals surface area contributed by atoms with Crippen molar-refractivity contribution in [3.8, 4) is 0 Å². The Morgan fingerprint density at radius 1 is 1.19 bits per heavy atom. The molecular weight excluding hydrogens is 260 g/mol. The standard InChI is InChI=1S/C18H26N2O/c1-13-7-5-8-15(14(13)2)18(21)20-12-4-3-10-17(20)16-9-6-11-19-16/h5,7-8,16-17,19H,3-4,6,9-12H2,1-2H3. The summed E-state index contributed by atoms with van der Waals surface area (Å²) in [5, 5.41) is 3.59. The Labute approximate surface area is 127 Å². The summed E-state index contributed by atoms with van der Waals surface area (Å²) < 4.78 is 0. The van der Waals surface area contributed by atoms with Crippen LogP contribution in [-0.2, 0) is 0 Å². The molecule has 3 nitrogen and oxygen atoms in total. The number of hydrogen-bond acceptors (Lipinski definition) is 2. The Balaban J connectivity index is 1.85. The number of carbonyl (C=O) groups is 1. The van der Waals surface area contributed by atoms with E-state index in [1.165, 1.54) is 24.8 Å². The number of piperidine rings is 1. The Hall–Kier alpha value is -1.35. The van der Waals surface area contributed by atoms with Gasteiger partial charge in [0.25, 0.3) is 5.91 Å². The lowest BCUT2D eigenvalue weighted by atomic mass is 9.93. The number of nitrogens with zero attached hydrogens (tertiary/aromatic N) is 1. The van der Waals surface area contributed by atoms with Crippen molar-refractivity contribution in [1.29, 1.82) is 0 Å². The summed E-state index contributed by atoms with van der Waals surface area (Å²) in [4.78, 5) is 15.2. The molecule has 2 aliphatic rings. The molecule has 2 fully saturated rings. The van der Waals surface area contributed by atoms with Crippen LogP contribution in [0.5, 0.6) is 0 Å². The minimum atomic E-state index is 0.231. The minimum Gasteiger partial charge on any atom is -0.334 e. The molecule has 1 amide bonds. The van der Waals surface area contributed by atoms with Gasteiger partial charge in [0.2, 0.25) is 0 Å². The summed E-state index contributed by atoms with van der Waals surface area (Å²) in [5.41, 5.74) is 3.22. The van der Waals surface area contributed by atoms with Crippen LogP contribution in [0.1, 0.15) is 53.6 Å². The number of rotatable bonds is 2. The van der Waals surface area contributed by atoms with Crippen LogP contribution in [0, 0.1) is 13.8 Å². The van der Waals surface area contributed by atoms with Crippen molar-refractivity contribution in [2.75, 3.05) is 13.1 Å². The molecule has 0 aromatic heterocycles. The molecule has 0 radical (unpaired) electrons. The van der Waals surface area contributed by atoms with Gasteiger partial charge >= 0.3 is 0 Å². The minimum absolute atomic E-state index is 0.231. The zero-order valence-electron chi connectivity index (χ0n) is 13.2. The fraction of sp³-hybridized carbons (Fsp3) is 0.611. The predicted octanol–water partition coefficient (Wildman–Crippen LogP) is 3.05. The first-order valence-electron chi connectivity index (χ1n) is 8.29. The Morgan fingerprint density at radius 3 is 2.81 bits per heavy atom. The normalized spacial score (nSPS) is 26.1. The Morgan fingerprint density at radius 2 is 2.05 bits per heavy atom. The summed E-state index contributed by atoms with van der Waals surface area (Å²) in [6.07, 6.45) is 5.99. The maximum atomic E-state index is 13.0. The lowest BCUT2D eigenvalue weighted by molar-refractivity contribution is 0.0563. The highest BCUT2D eigenvalue weighted by Gasteiger charge is 2.34. The zero-order valence-corrected chi connectivity index (χ0v) is 13.2. The van der Waals surface area contributed by atoms with Gasteiger partial charge in [-0.05, 0) is 69.7 Å². The molecule has 2 unspecified atom stereocenters. The fourth-order valence-electron chi connectivity index (χ4n) is 3.81. The quantitative estimate of drug-likeness (QED) is 0.906. The molecule has 2 atom stereocenters. The monoisotopic (exact) mass is 286 g/mol. The second-order valence-corrected chi connectivity index (χ2v) is 6.51. The summed E-state index contributed by atoms with van der Waals surface area (Å²) in [7, 11) is 0. The molecule has 1 N–H and O–H groups in total. The van der Waals surface area contributed by atoms with Gasteiger partial charge in [-0.25, -0.2) is 0 Å². The van der Waals surface area contributed by atoms with Crippen LogP contribution in [0.25, 0.3) is 0 Å². The highest BCUT2D eigenvalue weighted by molar-refractivity contribution is 5.96. The smallest absolute Gasteiger partial charge is 0.254 e. The van der Waals surface area contributed by atoms with Gasteiger partial charge in [-0.15, -0.1) is 0 Å². The number of amides is 1. The second-order valence-electron chi connectivity index (χ2n) is 6.51. The van der Waals surface area contributed by atoms with Crippen LogP contribution in [0.3, 0.4) is 0 Å². The molecule has 1 aromatic carbocycles. The zero-order chi connectivity index (χ0) is 14.8. The molecule has 0 spiro atoms. The second kappa shape index (κ2) is 6.18. The van der Waals surface area contributed by atoms with Gasteiger partial charge in [0.05, 0.1) is 0 Å². The maximum absolute atomic E-state index is 13.0. The molecule has 2 aliphatic heterocycles. The van der Waals surface area contributed by atoms with Crippen molar-refractivity contribution in [2.24, 2.45) is 0 Å². The molecule has 21 heavy (non-hydrogen) atoms. The molecule has 2 heterocycles.